The van der Waals surface area contributed by atoms with Crippen molar-refractivity contribution in [2.24, 2.45) is 0 Å². The maximum absolute atomic E-state index is 13.2. The number of thioether (sulfide) groups is 1. The summed E-state index contributed by atoms with van der Waals surface area (Å²) in [4.78, 5) is 13.6. The number of hydrogen-bond acceptors (Lipinski definition) is 7. The Balaban J connectivity index is 1.42. The number of halogens is 2. The van der Waals surface area contributed by atoms with Crippen molar-refractivity contribution in [3.63, 3.8) is 0 Å². The quantitative estimate of drug-likeness (QED) is 0.454. The zero-order valence-corrected chi connectivity index (χ0v) is 17.2. The van der Waals surface area contributed by atoms with Crippen molar-refractivity contribution in [1.82, 2.24) is 19.5 Å². The maximum atomic E-state index is 13.2. The lowest BCUT2D eigenvalue weighted by Gasteiger charge is -2.24. The van der Waals surface area contributed by atoms with Gasteiger partial charge >= 0.3 is 0 Å². The number of rotatable bonds is 4. The molecule has 2 saturated heterocycles. The van der Waals surface area contributed by atoms with Crippen LogP contribution < -0.4 is 0 Å². The first-order valence-electron chi connectivity index (χ1n) is 9.14. The summed E-state index contributed by atoms with van der Waals surface area (Å²) >= 11 is 7.72. The molecule has 29 heavy (non-hydrogen) atoms. The van der Waals surface area contributed by atoms with Gasteiger partial charge in [-0.05, 0) is 38.1 Å². The van der Waals surface area contributed by atoms with Crippen molar-refractivity contribution >= 4 is 34.5 Å². The second-order valence-electron chi connectivity index (χ2n) is 7.38. The molecule has 2 aliphatic rings. The molecule has 2 aromatic heterocycles. The number of fused-ring (bicyclic) bond motifs is 2. The standard InChI is InChI=1S/C19H18ClFN4O3S/c1-19(2)27-14-12(7-29-11-5-3-10(21)4-6-11)26-18(15(14)28-19)25-9-24-13-16(20)22-8-23-17(13)25/h3-6,8-9,12,14-15,18H,7H2,1-2H3/t12-,14-,15-,18-/m1/s1. The highest BCUT2D eigenvalue weighted by molar-refractivity contribution is 7.99. The van der Waals surface area contributed by atoms with Crippen LogP contribution in [0.2, 0.25) is 5.15 Å². The first-order valence-corrected chi connectivity index (χ1v) is 10.5. The van der Waals surface area contributed by atoms with Gasteiger partial charge in [0.05, 0.1) is 12.4 Å². The summed E-state index contributed by atoms with van der Waals surface area (Å²) in [5.41, 5.74) is 1.09. The van der Waals surface area contributed by atoms with E-state index in [2.05, 4.69) is 15.0 Å². The molecule has 5 rings (SSSR count). The Morgan fingerprint density at radius 3 is 2.69 bits per heavy atom. The molecule has 1 aromatic carbocycles. The van der Waals surface area contributed by atoms with Gasteiger partial charge in [-0.1, -0.05) is 11.6 Å². The van der Waals surface area contributed by atoms with E-state index in [-0.39, 0.29) is 29.3 Å². The van der Waals surface area contributed by atoms with Crippen molar-refractivity contribution in [2.75, 3.05) is 5.75 Å². The summed E-state index contributed by atoms with van der Waals surface area (Å²) in [6.45, 7) is 3.77. The molecule has 2 aliphatic heterocycles. The molecule has 3 aromatic rings. The first-order chi connectivity index (χ1) is 13.9. The summed E-state index contributed by atoms with van der Waals surface area (Å²) in [5.74, 6) is -0.349. The van der Waals surface area contributed by atoms with Gasteiger partial charge < -0.3 is 14.2 Å². The topological polar surface area (TPSA) is 71.3 Å². The van der Waals surface area contributed by atoms with Gasteiger partial charge in [-0.15, -0.1) is 11.8 Å². The molecule has 152 valence electrons. The van der Waals surface area contributed by atoms with Crippen LogP contribution in [0.4, 0.5) is 4.39 Å². The molecule has 7 nitrogen and oxygen atoms in total. The molecule has 0 saturated carbocycles. The van der Waals surface area contributed by atoms with Crippen LogP contribution in [0.5, 0.6) is 0 Å². The smallest absolute Gasteiger partial charge is 0.167 e. The van der Waals surface area contributed by atoms with E-state index in [0.29, 0.717) is 16.9 Å². The molecule has 0 N–H and O–H groups in total. The fraction of sp³-hybridized carbons (Fsp3) is 0.421. The summed E-state index contributed by atoms with van der Waals surface area (Å²) in [5, 5.41) is 0.288. The molecular formula is C19H18ClFN4O3S. The van der Waals surface area contributed by atoms with E-state index in [0.717, 1.165) is 4.90 Å². The van der Waals surface area contributed by atoms with E-state index in [1.54, 1.807) is 30.2 Å². The maximum Gasteiger partial charge on any atom is 0.167 e. The van der Waals surface area contributed by atoms with Gasteiger partial charge in [0.2, 0.25) is 0 Å². The summed E-state index contributed by atoms with van der Waals surface area (Å²) < 4.78 is 33.6. The van der Waals surface area contributed by atoms with Gasteiger partial charge in [0.1, 0.15) is 29.9 Å². The van der Waals surface area contributed by atoms with Crippen LogP contribution >= 0.6 is 23.4 Å². The molecule has 0 unspecified atom stereocenters. The molecule has 10 heteroatoms. The third-order valence-corrected chi connectivity index (χ3v) is 6.32. The molecule has 0 amide bonds. The molecule has 2 fully saturated rings. The van der Waals surface area contributed by atoms with Gasteiger partial charge in [-0.2, -0.15) is 0 Å². The van der Waals surface area contributed by atoms with Crippen LogP contribution in [0.1, 0.15) is 20.1 Å². The highest BCUT2D eigenvalue weighted by atomic mass is 35.5. The van der Waals surface area contributed by atoms with Crippen LogP contribution in [0.25, 0.3) is 11.2 Å². The average Bonchev–Trinajstić information content (AvgIpc) is 3.33. The van der Waals surface area contributed by atoms with Gasteiger partial charge in [0.25, 0.3) is 0 Å². The Bertz CT molecular complexity index is 1050. The van der Waals surface area contributed by atoms with Crippen molar-refractivity contribution in [3.8, 4) is 0 Å². The number of hydrogen-bond donors (Lipinski definition) is 0. The minimum atomic E-state index is -0.723. The Labute approximate surface area is 175 Å². The SMILES string of the molecule is CC1(C)O[C@@H]2[C@H](O1)[C@@H](CSc1ccc(F)cc1)O[C@H]2n1cnc2c(Cl)ncnc21. The van der Waals surface area contributed by atoms with Gasteiger partial charge in [0.15, 0.2) is 22.8 Å². The van der Waals surface area contributed by atoms with Crippen molar-refractivity contribution in [1.29, 1.82) is 0 Å². The molecule has 0 spiro atoms. The van der Waals surface area contributed by atoms with Gasteiger partial charge in [-0.3, -0.25) is 4.57 Å². The Hall–Kier alpha value is -1.78. The zero-order chi connectivity index (χ0) is 20.2. The van der Waals surface area contributed by atoms with Crippen molar-refractivity contribution in [2.45, 2.75) is 49.1 Å². The number of ether oxygens (including phenoxy) is 3. The van der Waals surface area contributed by atoms with E-state index in [1.807, 2.05) is 18.4 Å². The second kappa shape index (κ2) is 7.17. The van der Waals surface area contributed by atoms with Crippen LogP contribution in [0, 0.1) is 5.82 Å². The fourth-order valence-electron chi connectivity index (χ4n) is 3.74. The number of imidazole rings is 1. The zero-order valence-electron chi connectivity index (χ0n) is 15.7. The third kappa shape index (κ3) is 3.51. The van der Waals surface area contributed by atoms with Crippen LogP contribution in [-0.4, -0.2) is 49.4 Å². The lowest BCUT2D eigenvalue weighted by atomic mass is 10.1. The van der Waals surface area contributed by atoms with E-state index < -0.39 is 12.0 Å². The molecular weight excluding hydrogens is 419 g/mol. The average molecular weight is 437 g/mol. The van der Waals surface area contributed by atoms with Crippen LogP contribution in [0.15, 0.2) is 41.8 Å². The third-order valence-electron chi connectivity index (χ3n) is 4.94. The highest BCUT2D eigenvalue weighted by Gasteiger charge is 2.56. The predicted molar refractivity (Wildman–Crippen MR) is 105 cm³/mol. The lowest BCUT2D eigenvalue weighted by molar-refractivity contribution is -0.193. The van der Waals surface area contributed by atoms with Crippen LogP contribution in [0.3, 0.4) is 0 Å². The van der Waals surface area contributed by atoms with Crippen molar-refractivity contribution in [3.05, 3.63) is 47.9 Å². The van der Waals surface area contributed by atoms with E-state index in [4.69, 9.17) is 25.8 Å². The fourth-order valence-corrected chi connectivity index (χ4v) is 4.87. The summed E-state index contributed by atoms with van der Waals surface area (Å²) in [6.07, 6.45) is 1.77. The second-order valence-corrected chi connectivity index (χ2v) is 8.83. The Kier molecular flexibility index (Phi) is 4.75. The normalized spacial score (nSPS) is 28.1. The lowest BCUT2D eigenvalue weighted by Crippen LogP contribution is -2.31. The largest absolute Gasteiger partial charge is 0.348 e. The highest BCUT2D eigenvalue weighted by Crippen LogP contribution is 2.45. The first kappa shape index (κ1) is 19.2. The molecule has 4 heterocycles. The van der Waals surface area contributed by atoms with Gasteiger partial charge in [0, 0.05) is 10.6 Å². The molecule has 0 bridgehead atoms. The van der Waals surface area contributed by atoms with Crippen molar-refractivity contribution < 1.29 is 18.6 Å². The van der Waals surface area contributed by atoms with E-state index >= 15 is 0 Å². The number of aromatic nitrogens is 4. The molecule has 4 atom stereocenters. The monoisotopic (exact) mass is 436 g/mol. The minimum Gasteiger partial charge on any atom is -0.348 e. The Morgan fingerprint density at radius 1 is 1.14 bits per heavy atom. The van der Waals surface area contributed by atoms with Gasteiger partial charge in [-0.25, -0.2) is 19.3 Å². The minimum absolute atomic E-state index is 0.225. The van der Waals surface area contributed by atoms with Crippen LogP contribution in [-0.2, 0) is 14.2 Å². The van der Waals surface area contributed by atoms with E-state index in [9.17, 15) is 4.39 Å². The predicted octanol–water partition coefficient (Wildman–Crippen LogP) is 3.83. The number of benzene rings is 1. The molecule has 0 aliphatic carbocycles. The summed E-state index contributed by atoms with van der Waals surface area (Å²) in [7, 11) is 0. The molecule has 0 radical (unpaired) electrons. The Morgan fingerprint density at radius 2 is 1.90 bits per heavy atom. The van der Waals surface area contributed by atoms with E-state index in [1.165, 1.54) is 18.5 Å². The summed E-state index contributed by atoms with van der Waals surface area (Å²) in [6, 6.07) is 6.40. The number of nitrogens with zero attached hydrogens (tertiary/aromatic N) is 4.